The minimum Gasteiger partial charge on any atom is -0.480 e. The lowest BCUT2D eigenvalue weighted by Crippen LogP contribution is -2.04. The summed E-state index contributed by atoms with van der Waals surface area (Å²) in [7, 11) is 0. The number of carboxylic acid groups (broad SMARTS) is 1. The van der Waals surface area contributed by atoms with Crippen LogP contribution < -0.4 is 0 Å². The first-order valence-electron chi connectivity index (χ1n) is 5.31. The van der Waals surface area contributed by atoms with Crippen LogP contribution in [0.25, 0.3) is 11.1 Å². The molecule has 2 nitrogen and oxygen atoms in total. The lowest BCUT2D eigenvalue weighted by Gasteiger charge is -2.06. The van der Waals surface area contributed by atoms with Crippen molar-refractivity contribution in [3.05, 3.63) is 58.6 Å². The maximum absolute atomic E-state index is 10.8. The van der Waals surface area contributed by atoms with E-state index in [1.807, 2.05) is 36.4 Å². The number of halogens is 2. The van der Waals surface area contributed by atoms with Crippen molar-refractivity contribution in [2.24, 2.45) is 0 Å². The summed E-state index contributed by atoms with van der Waals surface area (Å²) in [6.07, 6.45) is 0. The molecule has 1 N–H and O–H groups in total. The molecule has 2 aromatic carbocycles. The molecule has 0 aliphatic carbocycles. The minimum atomic E-state index is -1.03. The Morgan fingerprint density at radius 1 is 1.00 bits per heavy atom. The Balaban J connectivity index is 2.27. The summed E-state index contributed by atoms with van der Waals surface area (Å²) < 4.78 is 1.02. The highest BCUT2D eigenvalue weighted by Crippen LogP contribution is 2.26. The fourth-order valence-electron chi connectivity index (χ4n) is 1.63. The van der Waals surface area contributed by atoms with Gasteiger partial charge in [0.2, 0.25) is 0 Å². The third-order valence-corrected chi connectivity index (χ3v) is 3.57. The molecule has 0 spiro atoms. The van der Waals surface area contributed by atoms with E-state index in [0.717, 1.165) is 15.6 Å². The maximum atomic E-state index is 10.8. The van der Waals surface area contributed by atoms with Crippen molar-refractivity contribution in [1.82, 2.24) is 0 Å². The van der Waals surface area contributed by atoms with Crippen LogP contribution in [0.4, 0.5) is 0 Å². The summed E-state index contributed by atoms with van der Waals surface area (Å²) in [4.78, 5) is 10.8. The molecule has 92 valence electrons. The standard InChI is InChI=1S/C14H10BrClO2/c15-12-7-5-10(6-8-12)9-1-3-11(4-2-9)13(16)14(17)18/h1-8,13H,(H,17,18). The van der Waals surface area contributed by atoms with Crippen molar-refractivity contribution < 1.29 is 9.90 Å². The maximum Gasteiger partial charge on any atom is 0.326 e. The van der Waals surface area contributed by atoms with Gasteiger partial charge in [0, 0.05) is 4.47 Å². The van der Waals surface area contributed by atoms with E-state index in [2.05, 4.69) is 15.9 Å². The van der Waals surface area contributed by atoms with Gasteiger partial charge in [0.15, 0.2) is 5.38 Å². The van der Waals surface area contributed by atoms with Crippen LogP contribution in [0, 0.1) is 0 Å². The lowest BCUT2D eigenvalue weighted by atomic mass is 10.0. The number of alkyl halides is 1. The molecule has 0 aromatic heterocycles. The first-order chi connectivity index (χ1) is 8.58. The van der Waals surface area contributed by atoms with Gasteiger partial charge >= 0.3 is 5.97 Å². The second-order valence-electron chi connectivity index (χ2n) is 3.83. The van der Waals surface area contributed by atoms with E-state index in [9.17, 15) is 4.79 Å². The quantitative estimate of drug-likeness (QED) is 0.845. The highest BCUT2D eigenvalue weighted by Gasteiger charge is 2.15. The third-order valence-electron chi connectivity index (χ3n) is 2.60. The molecule has 0 radical (unpaired) electrons. The zero-order valence-corrected chi connectivity index (χ0v) is 11.6. The van der Waals surface area contributed by atoms with Gasteiger partial charge < -0.3 is 5.11 Å². The number of aliphatic carboxylic acids is 1. The SMILES string of the molecule is O=C(O)C(Cl)c1ccc(-c2ccc(Br)cc2)cc1. The fraction of sp³-hybridized carbons (Fsp3) is 0.0714. The highest BCUT2D eigenvalue weighted by atomic mass is 79.9. The Bertz CT molecular complexity index is 549. The summed E-state index contributed by atoms with van der Waals surface area (Å²) >= 11 is 9.14. The molecule has 4 heteroatoms. The normalized spacial score (nSPS) is 12.1. The van der Waals surface area contributed by atoms with Crippen LogP contribution in [0.5, 0.6) is 0 Å². The number of benzene rings is 2. The Morgan fingerprint density at radius 3 is 1.89 bits per heavy atom. The second kappa shape index (κ2) is 5.55. The Morgan fingerprint density at radius 2 is 1.44 bits per heavy atom. The van der Waals surface area contributed by atoms with E-state index < -0.39 is 11.3 Å². The number of hydrogen-bond donors (Lipinski definition) is 1. The number of rotatable bonds is 3. The zero-order chi connectivity index (χ0) is 13.1. The van der Waals surface area contributed by atoms with Crippen molar-refractivity contribution >= 4 is 33.5 Å². The number of carboxylic acids is 1. The fourth-order valence-corrected chi connectivity index (χ4v) is 2.04. The molecular weight excluding hydrogens is 316 g/mol. The van der Waals surface area contributed by atoms with E-state index in [1.165, 1.54) is 0 Å². The average molecular weight is 326 g/mol. The monoisotopic (exact) mass is 324 g/mol. The van der Waals surface area contributed by atoms with E-state index >= 15 is 0 Å². The van der Waals surface area contributed by atoms with Crippen molar-refractivity contribution in [2.75, 3.05) is 0 Å². The van der Waals surface area contributed by atoms with E-state index in [0.29, 0.717) is 5.56 Å². The second-order valence-corrected chi connectivity index (χ2v) is 5.18. The molecule has 1 atom stereocenters. The molecule has 2 aromatic rings. The van der Waals surface area contributed by atoms with Crippen molar-refractivity contribution in [3.8, 4) is 11.1 Å². The predicted octanol–water partition coefficient (Wildman–Crippen LogP) is 4.48. The number of carbonyl (C=O) groups is 1. The van der Waals surface area contributed by atoms with E-state index in [4.69, 9.17) is 16.7 Å². The predicted molar refractivity (Wildman–Crippen MR) is 75.8 cm³/mol. The zero-order valence-electron chi connectivity index (χ0n) is 9.31. The molecule has 0 amide bonds. The van der Waals surface area contributed by atoms with Crippen LogP contribution in [0.15, 0.2) is 53.0 Å². The summed E-state index contributed by atoms with van der Waals surface area (Å²) in [6.45, 7) is 0. The molecule has 0 saturated heterocycles. The smallest absolute Gasteiger partial charge is 0.326 e. The Labute approximate surface area is 118 Å². The van der Waals surface area contributed by atoms with Gasteiger partial charge in [-0.05, 0) is 28.8 Å². The van der Waals surface area contributed by atoms with Gasteiger partial charge in [-0.15, -0.1) is 11.6 Å². The van der Waals surface area contributed by atoms with Crippen LogP contribution in [0.1, 0.15) is 10.9 Å². The van der Waals surface area contributed by atoms with Gasteiger partial charge in [-0.1, -0.05) is 52.3 Å². The van der Waals surface area contributed by atoms with Crippen molar-refractivity contribution in [1.29, 1.82) is 0 Å². The lowest BCUT2D eigenvalue weighted by molar-refractivity contribution is -0.136. The Kier molecular flexibility index (Phi) is 4.04. The van der Waals surface area contributed by atoms with Crippen LogP contribution >= 0.6 is 27.5 Å². The first-order valence-corrected chi connectivity index (χ1v) is 6.53. The average Bonchev–Trinajstić information content (AvgIpc) is 2.39. The van der Waals surface area contributed by atoms with Crippen molar-refractivity contribution in [3.63, 3.8) is 0 Å². The molecule has 18 heavy (non-hydrogen) atoms. The molecule has 0 aliphatic rings. The van der Waals surface area contributed by atoms with Gasteiger partial charge in [0.25, 0.3) is 0 Å². The highest BCUT2D eigenvalue weighted by molar-refractivity contribution is 9.10. The van der Waals surface area contributed by atoms with Crippen LogP contribution in [-0.4, -0.2) is 11.1 Å². The molecule has 1 unspecified atom stereocenters. The molecule has 2 rings (SSSR count). The van der Waals surface area contributed by atoms with Gasteiger partial charge in [-0.25, -0.2) is 0 Å². The topological polar surface area (TPSA) is 37.3 Å². The summed E-state index contributed by atoms with van der Waals surface area (Å²) in [6, 6.07) is 15.1. The molecule has 0 heterocycles. The van der Waals surface area contributed by atoms with Crippen molar-refractivity contribution in [2.45, 2.75) is 5.38 Å². The van der Waals surface area contributed by atoms with Gasteiger partial charge in [0.1, 0.15) is 0 Å². The molecular formula is C14H10BrClO2. The third kappa shape index (κ3) is 2.92. The first kappa shape index (κ1) is 13.1. The van der Waals surface area contributed by atoms with Crippen LogP contribution in [0.3, 0.4) is 0 Å². The molecule has 0 fully saturated rings. The van der Waals surface area contributed by atoms with Gasteiger partial charge in [0.05, 0.1) is 0 Å². The number of hydrogen-bond acceptors (Lipinski definition) is 1. The molecule has 0 saturated carbocycles. The summed E-state index contributed by atoms with van der Waals surface area (Å²) in [5, 5.41) is 7.82. The van der Waals surface area contributed by atoms with Gasteiger partial charge in [-0.2, -0.15) is 0 Å². The largest absolute Gasteiger partial charge is 0.480 e. The van der Waals surface area contributed by atoms with Crippen LogP contribution in [-0.2, 0) is 4.79 Å². The molecule has 0 bridgehead atoms. The summed E-state index contributed by atoms with van der Waals surface area (Å²) in [5.74, 6) is -1.03. The van der Waals surface area contributed by atoms with E-state index in [1.54, 1.807) is 12.1 Å². The Hall–Kier alpha value is -1.32. The minimum absolute atomic E-state index is 0.588. The molecule has 0 aliphatic heterocycles. The van der Waals surface area contributed by atoms with Gasteiger partial charge in [-0.3, -0.25) is 4.79 Å². The summed E-state index contributed by atoms with van der Waals surface area (Å²) in [5.41, 5.74) is 2.69. The van der Waals surface area contributed by atoms with E-state index in [-0.39, 0.29) is 0 Å². The van der Waals surface area contributed by atoms with Crippen LogP contribution in [0.2, 0.25) is 0 Å².